The van der Waals surface area contributed by atoms with Crippen molar-refractivity contribution in [3.05, 3.63) is 30.7 Å². The number of ether oxygens (including phenoxy) is 1. The smallest absolute Gasteiger partial charge is 0.241 e. The molecule has 0 unspecified atom stereocenters. The zero-order valence-electron chi connectivity index (χ0n) is 18.8. The van der Waals surface area contributed by atoms with E-state index < -0.39 is 0 Å². The van der Waals surface area contributed by atoms with Crippen LogP contribution in [0.2, 0.25) is 0 Å². The first-order chi connectivity index (χ1) is 16.2. The van der Waals surface area contributed by atoms with E-state index in [9.17, 15) is 4.79 Å². The molecule has 3 aliphatic rings. The van der Waals surface area contributed by atoms with E-state index in [0.29, 0.717) is 24.9 Å². The lowest BCUT2D eigenvalue weighted by molar-refractivity contribution is -0.119. The van der Waals surface area contributed by atoms with Crippen LogP contribution in [0.3, 0.4) is 0 Å². The van der Waals surface area contributed by atoms with Crippen molar-refractivity contribution in [3.63, 3.8) is 0 Å². The van der Waals surface area contributed by atoms with Gasteiger partial charge >= 0.3 is 0 Å². The molecular weight excluding hydrogens is 418 g/mol. The molecule has 9 nitrogen and oxygen atoms in total. The molecule has 9 heteroatoms. The van der Waals surface area contributed by atoms with Gasteiger partial charge < -0.3 is 24.8 Å². The Bertz CT molecular complexity index is 1170. The van der Waals surface area contributed by atoms with Crippen molar-refractivity contribution >= 4 is 22.8 Å². The molecule has 2 N–H and O–H groups in total. The van der Waals surface area contributed by atoms with E-state index in [1.165, 1.54) is 0 Å². The van der Waals surface area contributed by atoms with Crippen LogP contribution in [0, 0.1) is 5.92 Å². The first kappa shape index (κ1) is 20.4. The number of nitrogens with one attached hydrogen (secondary N) is 2. The van der Waals surface area contributed by atoms with Gasteiger partial charge in [0.2, 0.25) is 11.8 Å². The number of rotatable bonds is 6. The molecule has 0 bridgehead atoms. The highest BCUT2D eigenvalue weighted by Gasteiger charge is 2.31. The quantitative estimate of drug-likeness (QED) is 0.598. The van der Waals surface area contributed by atoms with Crippen LogP contribution in [0.5, 0.6) is 5.88 Å². The first-order valence-electron chi connectivity index (χ1n) is 11.9. The summed E-state index contributed by atoms with van der Waals surface area (Å²) in [4.78, 5) is 28.3. The Hall–Kier alpha value is -3.20. The number of amides is 1. The van der Waals surface area contributed by atoms with E-state index in [1.54, 1.807) is 0 Å². The summed E-state index contributed by atoms with van der Waals surface area (Å²) in [5.41, 5.74) is 3.55. The Morgan fingerprint density at radius 3 is 2.73 bits per heavy atom. The van der Waals surface area contributed by atoms with Gasteiger partial charge in [0, 0.05) is 62.9 Å². The number of piperazine rings is 1. The van der Waals surface area contributed by atoms with E-state index in [-0.39, 0.29) is 17.9 Å². The van der Waals surface area contributed by atoms with Crippen molar-refractivity contribution in [1.82, 2.24) is 30.2 Å². The van der Waals surface area contributed by atoms with Crippen molar-refractivity contribution in [2.45, 2.75) is 38.3 Å². The van der Waals surface area contributed by atoms with Gasteiger partial charge in [-0.2, -0.15) is 0 Å². The van der Waals surface area contributed by atoms with Gasteiger partial charge in [-0.3, -0.25) is 4.79 Å². The molecule has 1 amide bonds. The number of anilines is 1. The zero-order chi connectivity index (χ0) is 22.4. The third-order valence-corrected chi connectivity index (χ3v) is 6.92. The maximum Gasteiger partial charge on any atom is 0.241 e. The number of carbonyl (C=O) groups excluding carboxylic acids is 1. The molecule has 3 aromatic rings. The van der Waals surface area contributed by atoms with Crippen LogP contribution in [0.4, 0.5) is 5.82 Å². The Labute approximate surface area is 192 Å². The third kappa shape index (κ3) is 4.01. The molecule has 172 valence electrons. The molecule has 0 radical (unpaired) electrons. The Morgan fingerprint density at radius 1 is 1.18 bits per heavy atom. The van der Waals surface area contributed by atoms with E-state index in [0.717, 1.165) is 67.1 Å². The topological polar surface area (TPSA) is 97.2 Å². The standard InChI is InChI=1S/C24H29N7O2/c1-15(17-10-22(32)27-13-17)33-24-23-20(28-14-31(23)18-3-4-18)11-19(29-24)16-2-5-21(26-12-16)30-8-6-25-7-9-30/h2,5,11-12,14-15,17-18,25H,3-4,6-10,13H2,1H3,(H,27,32)/t15-,17-/m1/s1. The van der Waals surface area contributed by atoms with E-state index in [1.807, 2.05) is 25.5 Å². The molecule has 1 saturated carbocycles. The molecule has 2 aliphatic heterocycles. The van der Waals surface area contributed by atoms with E-state index >= 15 is 0 Å². The molecular formula is C24H29N7O2. The summed E-state index contributed by atoms with van der Waals surface area (Å²) in [7, 11) is 0. The van der Waals surface area contributed by atoms with Gasteiger partial charge in [0.1, 0.15) is 17.4 Å². The van der Waals surface area contributed by atoms with Crippen LogP contribution in [0.15, 0.2) is 30.7 Å². The Morgan fingerprint density at radius 2 is 2.03 bits per heavy atom. The molecule has 2 atom stereocenters. The fourth-order valence-corrected chi connectivity index (χ4v) is 4.74. The average molecular weight is 448 g/mol. The van der Waals surface area contributed by atoms with Crippen molar-refractivity contribution in [3.8, 4) is 17.1 Å². The van der Waals surface area contributed by atoms with Gasteiger partial charge in [-0.1, -0.05) is 0 Å². The Kier molecular flexibility index (Phi) is 5.13. The van der Waals surface area contributed by atoms with Crippen molar-refractivity contribution in [2.75, 3.05) is 37.6 Å². The second-order valence-corrected chi connectivity index (χ2v) is 9.30. The molecule has 0 aromatic carbocycles. The molecule has 6 rings (SSSR count). The second kappa shape index (κ2) is 8.30. The lowest BCUT2D eigenvalue weighted by Gasteiger charge is -2.28. The summed E-state index contributed by atoms with van der Waals surface area (Å²) in [6.45, 7) is 6.54. The van der Waals surface area contributed by atoms with E-state index in [4.69, 9.17) is 14.7 Å². The van der Waals surface area contributed by atoms with Gasteiger partial charge in [0.05, 0.1) is 17.5 Å². The van der Waals surface area contributed by atoms with Crippen molar-refractivity contribution in [2.24, 2.45) is 5.92 Å². The lowest BCUT2D eigenvalue weighted by Crippen LogP contribution is -2.43. The molecule has 3 aromatic heterocycles. The summed E-state index contributed by atoms with van der Waals surface area (Å²) >= 11 is 0. The van der Waals surface area contributed by atoms with Crippen molar-refractivity contribution < 1.29 is 9.53 Å². The fourth-order valence-electron chi connectivity index (χ4n) is 4.74. The second-order valence-electron chi connectivity index (χ2n) is 9.30. The third-order valence-electron chi connectivity index (χ3n) is 6.92. The van der Waals surface area contributed by atoms with Crippen LogP contribution < -0.4 is 20.3 Å². The van der Waals surface area contributed by atoms with Gasteiger partial charge in [0.15, 0.2) is 0 Å². The fraction of sp³-hybridized carbons (Fsp3) is 0.500. The minimum absolute atomic E-state index is 0.0842. The molecule has 1 aliphatic carbocycles. The predicted octanol–water partition coefficient (Wildman–Crippen LogP) is 2.14. The number of aromatic nitrogens is 4. The van der Waals surface area contributed by atoms with Crippen LogP contribution in [-0.4, -0.2) is 64.3 Å². The SMILES string of the molecule is C[C@@H](Oc1nc(-c2ccc(N3CCNCC3)nc2)cc2ncn(C3CC3)c12)[C@H]1CNC(=O)C1. The van der Waals surface area contributed by atoms with Crippen LogP contribution in [0.25, 0.3) is 22.3 Å². The molecule has 5 heterocycles. The average Bonchev–Trinajstić information content (AvgIpc) is 3.45. The largest absolute Gasteiger partial charge is 0.473 e. The van der Waals surface area contributed by atoms with Gasteiger partial charge in [-0.05, 0) is 38.0 Å². The highest BCUT2D eigenvalue weighted by molar-refractivity contribution is 5.85. The number of hydrogen-bond acceptors (Lipinski definition) is 7. The number of carbonyl (C=O) groups is 1. The Balaban J connectivity index is 1.33. The minimum atomic E-state index is -0.134. The van der Waals surface area contributed by atoms with Crippen LogP contribution in [-0.2, 0) is 4.79 Å². The highest BCUT2D eigenvalue weighted by atomic mass is 16.5. The van der Waals surface area contributed by atoms with Gasteiger partial charge in [-0.25, -0.2) is 15.0 Å². The van der Waals surface area contributed by atoms with Gasteiger partial charge in [-0.15, -0.1) is 0 Å². The summed E-state index contributed by atoms with van der Waals surface area (Å²) in [5.74, 6) is 1.80. The zero-order valence-corrected chi connectivity index (χ0v) is 18.8. The summed E-state index contributed by atoms with van der Waals surface area (Å²) in [5, 5.41) is 6.28. The molecule has 33 heavy (non-hydrogen) atoms. The first-order valence-corrected chi connectivity index (χ1v) is 11.9. The van der Waals surface area contributed by atoms with Crippen LogP contribution >= 0.6 is 0 Å². The van der Waals surface area contributed by atoms with Crippen molar-refractivity contribution in [1.29, 1.82) is 0 Å². The normalized spacial score (nSPS) is 21.9. The summed E-state index contributed by atoms with van der Waals surface area (Å²) in [6, 6.07) is 6.63. The monoisotopic (exact) mass is 447 g/mol. The number of fused-ring (bicyclic) bond motifs is 1. The number of pyridine rings is 2. The highest BCUT2D eigenvalue weighted by Crippen LogP contribution is 2.40. The van der Waals surface area contributed by atoms with Crippen LogP contribution in [0.1, 0.15) is 32.2 Å². The summed E-state index contributed by atoms with van der Waals surface area (Å²) in [6.07, 6.45) is 6.45. The maximum absolute atomic E-state index is 11.7. The molecule has 3 fully saturated rings. The maximum atomic E-state index is 11.7. The predicted molar refractivity (Wildman–Crippen MR) is 125 cm³/mol. The van der Waals surface area contributed by atoms with Gasteiger partial charge in [0.25, 0.3) is 0 Å². The number of imidazole rings is 1. The number of hydrogen-bond donors (Lipinski definition) is 2. The molecule has 2 saturated heterocycles. The summed E-state index contributed by atoms with van der Waals surface area (Å²) < 4.78 is 8.61. The lowest BCUT2D eigenvalue weighted by atomic mass is 10.0. The molecule has 0 spiro atoms. The number of nitrogens with zero attached hydrogens (tertiary/aromatic N) is 5. The minimum Gasteiger partial charge on any atom is -0.473 e. The van der Waals surface area contributed by atoms with E-state index in [2.05, 4.69) is 37.2 Å².